The molecule has 178 valence electrons. The first kappa shape index (κ1) is 25.8. The van der Waals surface area contributed by atoms with E-state index in [1.165, 1.54) is 0 Å². The van der Waals surface area contributed by atoms with Crippen LogP contribution in [0.4, 0.5) is 0 Å². The van der Waals surface area contributed by atoms with Crippen molar-refractivity contribution >= 4 is 35.0 Å². The lowest BCUT2D eigenvalue weighted by atomic mass is 10.0. The van der Waals surface area contributed by atoms with Crippen molar-refractivity contribution in [1.29, 1.82) is 0 Å². The van der Waals surface area contributed by atoms with Gasteiger partial charge in [0.25, 0.3) is 0 Å². The Bertz CT molecular complexity index is 1120. The van der Waals surface area contributed by atoms with Crippen molar-refractivity contribution in [1.82, 2.24) is 10.2 Å². The molecule has 0 aliphatic rings. The Balaban J connectivity index is 1.97. The third-order valence-corrected chi connectivity index (χ3v) is 6.50. The first-order chi connectivity index (χ1) is 16.4. The van der Waals surface area contributed by atoms with Gasteiger partial charge in [-0.15, -0.1) is 0 Å². The Morgan fingerprint density at radius 3 is 2.29 bits per heavy atom. The van der Waals surface area contributed by atoms with Gasteiger partial charge in [-0.1, -0.05) is 90.8 Å². The number of hydrogen-bond acceptors (Lipinski definition) is 2. The number of benzene rings is 3. The molecule has 0 aliphatic heterocycles. The molecule has 0 unspecified atom stereocenters. The Hall–Kier alpha value is -2.82. The standard InChI is InChI=1S/C28H30Cl2N2O2/c1-3-15-31-28(34)26(17-21-10-5-4-6-11-21)32(19-23-12-8-7-9-20(23)2)27(33)18-22-13-14-24(29)25(30)16-22/h4-14,16,26H,3,15,17-19H2,1-2H3,(H,31,34)/t26-/m0/s1. The number of halogens is 2. The van der Waals surface area contributed by atoms with E-state index in [2.05, 4.69) is 5.32 Å². The summed E-state index contributed by atoms with van der Waals surface area (Å²) in [5.74, 6) is -0.295. The summed E-state index contributed by atoms with van der Waals surface area (Å²) in [6.45, 7) is 4.92. The average Bonchev–Trinajstić information content (AvgIpc) is 2.83. The summed E-state index contributed by atoms with van der Waals surface area (Å²) in [7, 11) is 0. The largest absolute Gasteiger partial charge is 0.354 e. The van der Waals surface area contributed by atoms with E-state index in [9.17, 15) is 9.59 Å². The summed E-state index contributed by atoms with van der Waals surface area (Å²) in [5.41, 5.74) is 3.83. The zero-order chi connectivity index (χ0) is 24.5. The summed E-state index contributed by atoms with van der Waals surface area (Å²) in [4.78, 5) is 28.7. The second-order valence-electron chi connectivity index (χ2n) is 8.37. The highest BCUT2D eigenvalue weighted by Crippen LogP contribution is 2.24. The van der Waals surface area contributed by atoms with E-state index in [1.807, 2.05) is 68.4 Å². The summed E-state index contributed by atoms with van der Waals surface area (Å²) in [6.07, 6.45) is 1.36. The van der Waals surface area contributed by atoms with Gasteiger partial charge in [0.05, 0.1) is 16.5 Å². The monoisotopic (exact) mass is 496 g/mol. The van der Waals surface area contributed by atoms with Crippen LogP contribution < -0.4 is 5.32 Å². The number of nitrogens with zero attached hydrogens (tertiary/aromatic N) is 1. The van der Waals surface area contributed by atoms with Gasteiger partial charge in [-0.2, -0.15) is 0 Å². The smallest absolute Gasteiger partial charge is 0.243 e. The molecule has 0 saturated heterocycles. The molecule has 0 spiro atoms. The first-order valence-corrected chi connectivity index (χ1v) is 12.2. The van der Waals surface area contributed by atoms with E-state index in [1.54, 1.807) is 23.1 Å². The maximum absolute atomic E-state index is 13.7. The maximum atomic E-state index is 13.7. The van der Waals surface area contributed by atoms with Crippen molar-refractivity contribution in [2.45, 2.75) is 45.7 Å². The van der Waals surface area contributed by atoms with Crippen LogP contribution >= 0.6 is 23.2 Å². The van der Waals surface area contributed by atoms with Gasteiger partial charge >= 0.3 is 0 Å². The highest BCUT2D eigenvalue weighted by atomic mass is 35.5. The minimum atomic E-state index is -0.649. The highest BCUT2D eigenvalue weighted by molar-refractivity contribution is 6.42. The predicted molar refractivity (Wildman–Crippen MR) is 139 cm³/mol. The molecule has 6 heteroatoms. The molecular weight excluding hydrogens is 467 g/mol. The van der Waals surface area contributed by atoms with Crippen LogP contribution in [0.25, 0.3) is 0 Å². The second-order valence-corrected chi connectivity index (χ2v) is 9.18. The number of hydrogen-bond donors (Lipinski definition) is 1. The van der Waals surface area contributed by atoms with E-state index in [-0.39, 0.29) is 18.2 Å². The lowest BCUT2D eigenvalue weighted by molar-refractivity contribution is -0.140. The fourth-order valence-electron chi connectivity index (χ4n) is 3.82. The number of carbonyl (C=O) groups excluding carboxylic acids is 2. The molecule has 0 radical (unpaired) electrons. The van der Waals surface area contributed by atoms with Gasteiger partial charge in [-0.25, -0.2) is 0 Å². The Labute approximate surface area is 211 Å². The van der Waals surface area contributed by atoms with Gasteiger partial charge < -0.3 is 10.2 Å². The lowest BCUT2D eigenvalue weighted by Gasteiger charge is -2.32. The zero-order valence-corrected chi connectivity index (χ0v) is 21.1. The normalized spacial score (nSPS) is 11.6. The quantitative estimate of drug-likeness (QED) is 0.373. The topological polar surface area (TPSA) is 49.4 Å². The van der Waals surface area contributed by atoms with Crippen LogP contribution in [0.3, 0.4) is 0 Å². The van der Waals surface area contributed by atoms with Crippen molar-refractivity contribution in [3.05, 3.63) is 105 Å². The molecule has 4 nitrogen and oxygen atoms in total. The number of carbonyl (C=O) groups is 2. The number of aryl methyl sites for hydroxylation is 1. The second kappa shape index (κ2) is 12.6. The molecule has 34 heavy (non-hydrogen) atoms. The summed E-state index contributed by atoms with van der Waals surface area (Å²) in [6, 6.07) is 22.3. The molecule has 0 fully saturated rings. The molecule has 1 atom stereocenters. The van der Waals surface area contributed by atoms with Crippen LogP contribution in [0.1, 0.15) is 35.6 Å². The van der Waals surface area contributed by atoms with E-state index < -0.39 is 6.04 Å². The summed E-state index contributed by atoms with van der Waals surface area (Å²) >= 11 is 12.2. The fraction of sp³-hybridized carbons (Fsp3) is 0.286. The van der Waals surface area contributed by atoms with Gasteiger partial charge in [0.2, 0.25) is 11.8 Å². The zero-order valence-electron chi connectivity index (χ0n) is 19.6. The van der Waals surface area contributed by atoms with Crippen molar-refractivity contribution in [3.63, 3.8) is 0 Å². The van der Waals surface area contributed by atoms with Gasteiger partial charge in [0.1, 0.15) is 6.04 Å². The van der Waals surface area contributed by atoms with Gasteiger partial charge in [-0.3, -0.25) is 9.59 Å². The van der Waals surface area contributed by atoms with Crippen LogP contribution in [0.5, 0.6) is 0 Å². The van der Waals surface area contributed by atoms with Crippen molar-refractivity contribution in [2.24, 2.45) is 0 Å². The predicted octanol–water partition coefficient (Wildman–Crippen LogP) is 6.01. The SMILES string of the molecule is CCCNC(=O)[C@H](Cc1ccccc1)N(Cc1ccccc1C)C(=O)Cc1ccc(Cl)c(Cl)c1. The molecular formula is C28H30Cl2N2O2. The third kappa shape index (κ3) is 7.09. The molecule has 0 bridgehead atoms. The maximum Gasteiger partial charge on any atom is 0.243 e. The van der Waals surface area contributed by atoms with Gasteiger partial charge in [0.15, 0.2) is 0 Å². The third-order valence-electron chi connectivity index (χ3n) is 5.76. The van der Waals surface area contributed by atoms with E-state index in [0.29, 0.717) is 29.6 Å². The lowest BCUT2D eigenvalue weighted by Crippen LogP contribution is -2.51. The average molecular weight is 497 g/mol. The Kier molecular flexibility index (Phi) is 9.55. The van der Waals surface area contributed by atoms with Crippen LogP contribution in [0.15, 0.2) is 72.8 Å². The highest BCUT2D eigenvalue weighted by Gasteiger charge is 2.30. The number of nitrogens with one attached hydrogen (secondary N) is 1. The molecule has 3 rings (SSSR count). The molecule has 3 aromatic carbocycles. The van der Waals surface area contributed by atoms with Crippen LogP contribution in [0.2, 0.25) is 10.0 Å². The number of rotatable bonds is 10. The minimum Gasteiger partial charge on any atom is -0.354 e. The first-order valence-electron chi connectivity index (χ1n) is 11.5. The van der Waals surface area contributed by atoms with Crippen molar-refractivity contribution in [3.8, 4) is 0 Å². The summed E-state index contributed by atoms with van der Waals surface area (Å²) < 4.78 is 0. The Morgan fingerprint density at radius 1 is 0.912 bits per heavy atom. The van der Waals surface area contributed by atoms with E-state index in [0.717, 1.165) is 28.7 Å². The number of amides is 2. The van der Waals surface area contributed by atoms with E-state index >= 15 is 0 Å². The van der Waals surface area contributed by atoms with Crippen LogP contribution in [0, 0.1) is 6.92 Å². The molecule has 3 aromatic rings. The molecule has 1 N–H and O–H groups in total. The molecule has 0 heterocycles. The molecule has 2 amide bonds. The van der Waals surface area contributed by atoms with E-state index in [4.69, 9.17) is 23.2 Å². The minimum absolute atomic E-state index is 0.120. The Morgan fingerprint density at radius 2 is 1.62 bits per heavy atom. The van der Waals surface area contributed by atoms with Crippen LogP contribution in [-0.4, -0.2) is 29.3 Å². The molecule has 0 aliphatic carbocycles. The van der Waals surface area contributed by atoms with Gasteiger partial charge in [0, 0.05) is 19.5 Å². The van der Waals surface area contributed by atoms with Gasteiger partial charge in [-0.05, 0) is 47.7 Å². The van der Waals surface area contributed by atoms with Crippen molar-refractivity contribution in [2.75, 3.05) is 6.54 Å². The molecule has 0 aromatic heterocycles. The van der Waals surface area contributed by atoms with Crippen LogP contribution in [-0.2, 0) is 29.0 Å². The molecule has 0 saturated carbocycles. The van der Waals surface area contributed by atoms with Crippen molar-refractivity contribution < 1.29 is 9.59 Å². The summed E-state index contributed by atoms with van der Waals surface area (Å²) in [5, 5.41) is 3.84. The fourth-order valence-corrected chi connectivity index (χ4v) is 4.14.